The van der Waals surface area contributed by atoms with Crippen LogP contribution in [-0.2, 0) is 4.79 Å². The summed E-state index contributed by atoms with van der Waals surface area (Å²) >= 11 is 3.36. The van der Waals surface area contributed by atoms with Gasteiger partial charge < -0.3 is 9.64 Å². The van der Waals surface area contributed by atoms with Crippen LogP contribution in [0.4, 0.5) is 5.69 Å². The van der Waals surface area contributed by atoms with Crippen LogP contribution >= 0.6 is 15.9 Å². The number of rotatable bonds is 1. The predicted molar refractivity (Wildman–Crippen MR) is 57.6 cm³/mol. The summed E-state index contributed by atoms with van der Waals surface area (Å²) in [6.07, 6.45) is 0.847. The summed E-state index contributed by atoms with van der Waals surface area (Å²) in [6, 6.07) is 5.75. The average Bonchev–Trinajstić information content (AvgIpc) is 2.18. The fourth-order valence-electron chi connectivity index (χ4n) is 1.51. The van der Waals surface area contributed by atoms with Crippen LogP contribution in [0.15, 0.2) is 22.7 Å². The van der Waals surface area contributed by atoms with Crippen molar-refractivity contribution >= 4 is 28.0 Å². The van der Waals surface area contributed by atoms with E-state index in [1.54, 1.807) is 4.90 Å². The van der Waals surface area contributed by atoms with Gasteiger partial charge in [0.15, 0.2) is 0 Å². The molecule has 3 nitrogen and oxygen atoms in total. The molecule has 1 aliphatic rings. The Balaban J connectivity index is 2.46. The summed E-state index contributed by atoms with van der Waals surface area (Å²) in [4.78, 5) is 12.6. The molecule has 1 aromatic rings. The average molecular weight is 256 g/mol. The van der Waals surface area contributed by atoms with Gasteiger partial charge in [-0.2, -0.15) is 0 Å². The van der Waals surface area contributed by atoms with Crippen molar-refractivity contribution < 1.29 is 9.53 Å². The Kier molecular flexibility index (Phi) is 2.46. The molecule has 0 radical (unpaired) electrons. The lowest BCUT2D eigenvalue weighted by molar-refractivity contribution is -0.108. The molecular formula is C10H10BrNO2. The molecule has 74 valence electrons. The summed E-state index contributed by atoms with van der Waals surface area (Å²) in [7, 11) is 0. The summed E-state index contributed by atoms with van der Waals surface area (Å²) in [5, 5.41) is 0. The number of carbonyl (C=O) groups is 1. The first kappa shape index (κ1) is 9.52. The Hall–Kier alpha value is -1.03. The molecule has 0 N–H and O–H groups in total. The van der Waals surface area contributed by atoms with Crippen molar-refractivity contribution in [2.24, 2.45) is 0 Å². The monoisotopic (exact) mass is 255 g/mol. The van der Waals surface area contributed by atoms with E-state index in [0.717, 1.165) is 22.3 Å². The van der Waals surface area contributed by atoms with Gasteiger partial charge in [-0.25, -0.2) is 0 Å². The first-order chi connectivity index (χ1) is 6.72. The molecule has 1 amide bonds. The summed E-state index contributed by atoms with van der Waals surface area (Å²) in [6.45, 7) is 2.50. The predicted octanol–water partition coefficient (Wildman–Crippen LogP) is 2.19. The van der Waals surface area contributed by atoms with E-state index in [2.05, 4.69) is 15.9 Å². The van der Waals surface area contributed by atoms with Crippen molar-refractivity contribution in [2.75, 3.05) is 11.5 Å². The first-order valence-corrected chi connectivity index (χ1v) is 5.17. The van der Waals surface area contributed by atoms with Crippen LogP contribution in [0.1, 0.15) is 6.92 Å². The zero-order valence-electron chi connectivity index (χ0n) is 7.74. The third-order valence-corrected chi connectivity index (χ3v) is 2.76. The van der Waals surface area contributed by atoms with E-state index in [-0.39, 0.29) is 6.04 Å². The Morgan fingerprint density at radius 2 is 2.43 bits per heavy atom. The van der Waals surface area contributed by atoms with E-state index >= 15 is 0 Å². The fourth-order valence-corrected chi connectivity index (χ4v) is 1.85. The minimum absolute atomic E-state index is 0.0983. The van der Waals surface area contributed by atoms with Gasteiger partial charge in [-0.05, 0) is 25.1 Å². The van der Waals surface area contributed by atoms with Gasteiger partial charge in [-0.1, -0.05) is 15.9 Å². The molecule has 0 bridgehead atoms. The van der Waals surface area contributed by atoms with Gasteiger partial charge in [0.1, 0.15) is 12.4 Å². The van der Waals surface area contributed by atoms with Crippen molar-refractivity contribution in [3.63, 3.8) is 0 Å². The van der Waals surface area contributed by atoms with E-state index in [0.29, 0.717) is 6.61 Å². The van der Waals surface area contributed by atoms with Gasteiger partial charge >= 0.3 is 0 Å². The number of hydrogen-bond donors (Lipinski definition) is 0. The molecule has 14 heavy (non-hydrogen) atoms. The van der Waals surface area contributed by atoms with E-state index in [1.165, 1.54) is 0 Å². The second-order valence-corrected chi connectivity index (χ2v) is 4.20. The minimum atomic E-state index is 0.0983. The molecule has 1 unspecified atom stereocenters. The molecule has 1 heterocycles. The summed E-state index contributed by atoms with van der Waals surface area (Å²) in [5.74, 6) is 0.754. The van der Waals surface area contributed by atoms with Crippen molar-refractivity contribution in [1.29, 1.82) is 0 Å². The molecule has 2 rings (SSSR count). The second kappa shape index (κ2) is 3.61. The Labute approximate surface area is 90.8 Å². The molecular weight excluding hydrogens is 246 g/mol. The van der Waals surface area contributed by atoms with Crippen molar-refractivity contribution in [1.82, 2.24) is 0 Å². The van der Waals surface area contributed by atoms with Crippen LogP contribution < -0.4 is 9.64 Å². The third kappa shape index (κ3) is 1.50. The van der Waals surface area contributed by atoms with E-state index in [9.17, 15) is 4.79 Å². The van der Waals surface area contributed by atoms with Gasteiger partial charge in [0, 0.05) is 4.47 Å². The number of halogens is 1. The second-order valence-electron chi connectivity index (χ2n) is 3.28. The highest BCUT2D eigenvalue weighted by atomic mass is 79.9. The van der Waals surface area contributed by atoms with Crippen molar-refractivity contribution in [3.05, 3.63) is 22.7 Å². The van der Waals surface area contributed by atoms with E-state index in [1.807, 2.05) is 25.1 Å². The molecule has 4 heteroatoms. The molecule has 0 aliphatic carbocycles. The number of nitrogens with zero attached hydrogens (tertiary/aromatic N) is 1. The lowest BCUT2D eigenvalue weighted by atomic mass is 10.2. The SMILES string of the molecule is CC1COc2cc(Br)ccc2N1C=O. The number of carbonyl (C=O) groups excluding carboxylic acids is 1. The summed E-state index contributed by atoms with van der Waals surface area (Å²) in [5.41, 5.74) is 0.835. The van der Waals surface area contributed by atoms with Crippen molar-refractivity contribution in [3.8, 4) is 5.75 Å². The lowest BCUT2D eigenvalue weighted by Crippen LogP contribution is -2.39. The molecule has 0 saturated heterocycles. The maximum Gasteiger partial charge on any atom is 0.214 e. The van der Waals surface area contributed by atoms with E-state index < -0.39 is 0 Å². The van der Waals surface area contributed by atoms with Crippen LogP contribution in [0.2, 0.25) is 0 Å². The number of anilines is 1. The highest BCUT2D eigenvalue weighted by molar-refractivity contribution is 9.10. The normalized spacial score (nSPS) is 19.9. The largest absolute Gasteiger partial charge is 0.489 e. The molecule has 0 saturated carbocycles. The zero-order valence-corrected chi connectivity index (χ0v) is 9.32. The third-order valence-electron chi connectivity index (χ3n) is 2.27. The van der Waals surface area contributed by atoms with Crippen LogP contribution in [0, 0.1) is 0 Å². The lowest BCUT2D eigenvalue weighted by Gasteiger charge is -2.32. The van der Waals surface area contributed by atoms with Crippen LogP contribution in [0.3, 0.4) is 0 Å². The van der Waals surface area contributed by atoms with Gasteiger partial charge in [-0.15, -0.1) is 0 Å². The number of ether oxygens (including phenoxy) is 1. The van der Waals surface area contributed by atoms with Crippen LogP contribution in [0.25, 0.3) is 0 Å². The summed E-state index contributed by atoms with van der Waals surface area (Å²) < 4.78 is 6.47. The highest BCUT2D eigenvalue weighted by Crippen LogP contribution is 2.34. The molecule has 1 atom stereocenters. The standard InChI is InChI=1S/C10H10BrNO2/c1-7-5-14-10-4-8(11)2-3-9(10)12(7)6-13/h2-4,6-7H,5H2,1H3. The molecule has 1 aromatic carbocycles. The Bertz CT molecular complexity index is 367. The Morgan fingerprint density at radius 3 is 3.14 bits per heavy atom. The molecule has 1 aliphatic heterocycles. The fraction of sp³-hybridized carbons (Fsp3) is 0.300. The molecule has 0 aromatic heterocycles. The van der Waals surface area contributed by atoms with Gasteiger partial charge in [-0.3, -0.25) is 4.79 Å². The smallest absolute Gasteiger partial charge is 0.214 e. The first-order valence-electron chi connectivity index (χ1n) is 4.38. The number of amides is 1. The Morgan fingerprint density at radius 1 is 1.64 bits per heavy atom. The van der Waals surface area contributed by atoms with Gasteiger partial charge in [0.05, 0.1) is 11.7 Å². The zero-order chi connectivity index (χ0) is 10.1. The van der Waals surface area contributed by atoms with Crippen LogP contribution in [-0.4, -0.2) is 19.1 Å². The topological polar surface area (TPSA) is 29.5 Å². The van der Waals surface area contributed by atoms with Gasteiger partial charge in [0.2, 0.25) is 6.41 Å². The maximum absolute atomic E-state index is 10.9. The maximum atomic E-state index is 10.9. The minimum Gasteiger partial charge on any atom is -0.489 e. The number of fused-ring (bicyclic) bond motifs is 1. The van der Waals surface area contributed by atoms with Gasteiger partial charge in [0.25, 0.3) is 0 Å². The highest BCUT2D eigenvalue weighted by Gasteiger charge is 2.23. The van der Waals surface area contributed by atoms with Crippen LogP contribution in [0.5, 0.6) is 5.75 Å². The number of hydrogen-bond acceptors (Lipinski definition) is 2. The van der Waals surface area contributed by atoms with Crippen molar-refractivity contribution in [2.45, 2.75) is 13.0 Å². The molecule has 0 spiro atoms. The molecule has 0 fully saturated rings. The quantitative estimate of drug-likeness (QED) is 0.721. The number of benzene rings is 1. The van der Waals surface area contributed by atoms with E-state index in [4.69, 9.17) is 4.74 Å².